The SMILES string of the molecule is C1=C(n2cccc2)C(C2C(n3c4ccccc4c4ccccc43)=Cc3ccccc32)c2ccccc21. The highest BCUT2D eigenvalue weighted by Crippen LogP contribution is 2.56. The predicted octanol–water partition coefficient (Wildman–Crippen LogP) is 8.49. The Kier molecular flexibility index (Phi) is 4.09. The summed E-state index contributed by atoms with van der Waals surface area (Å²) >= 11 is 0. The number of allylic oxidation sites excluding steroid dienone is 2. The van der Waals surface area contributed by atoms with Gasteiger partial charge in [0, 0.05) is 46.4 Å². The van der Waals surface area contributed by atoms with Crippen molar-refractivity contribution in [3.63, 3.8) is 0 Å². The average Bonchev–Trinajstić information content (AvgIpc) is 3.70. The molecule has 2 heterocycles. The van der Waals surface area contributed by atoms with Crippen LogP contribution in [0.1, 0.15) is 34.1 Å². The number of aromatic nitrogens is 2. The molecule has 2 unspecified atom stereocenters. The van der Waals surface area contributed by atoms with E-state index in [-0.39, 0.29) is 11.8 Å². The quantitative estimate of drug-likeness (QED) is 0.251. The van der Waals surface area contributed by atoms with Gasteiger partial charge in [-0.1, -0.05) is 84.9 Å². The zero-order valence-corrected chi connectivity index (χ0v) is 19.8. The van der Waals surface area contributed by atoms with Crippen LogP contribution in [-0.4, -0.2) is 9.13 Å². The number of fused-ring (bicyclic) bond motifs is 5. The fourth-order valence-corrected chi connectivity index (χ4v) is 6.51. The molecule has 0 saturated carbocycles. The summed E-state index contributed by atoms with van der Waals surface area (Å²) in [6, 6.07) is 39.7. The Morgan fingerprint density at radius 1 is 0.444 bits per heavy atom. The number of nitrogens with zero attached hydrogens (tertiary/aromatic N) is 2. The molecule has 2 aliphatic rings. The summed E-state index contributed by atoms with van der Waals surface area (Å²) in [7, 11) is 0. The van der Waals surface area contributed by atoms with Gasteiger partial charge in [0.05, 0.1) is 11.0 Å². The third-order valence-electron chi connectivity index (χ3n) is 7.98. The average molecular weight is 461 g/mol. The molecule has 4 aromatic carbocycles. The molecule has 2 aliphatic carbocycles. The molecule has 2 nitrogen and oxygen atoms in total. The fraction of sp³-hybridized carbons (Fsp3) is 0.0588. The predicted molar refractivity (Wildman–Crippen MR) is 151 cm³/mol. The Balaban J connectivity index is 1.43. The summed E-state index contributed by atoms with van der Waals surface area (Å²) in [4.78, 5) is 0. The highest BCUT2D eigenvalue weighted by molar-refractivity contribution is 6.11. The van der Waals surface area contributed by atoms with E-state index in [9.17, 15) is 0 Å². The molecule has 8 rings (SSSR count). The topological polar surface area (TPSA) is 9.86 Å². The van der Waals surface area contributed by atoms with Crippen molar-refractivity contribution >= 4 is 45.4 Å². The highest BCUT2D eigenvalue weighted by Gasteiger charge is 2.40. The molecular weight excluding hydrogens is 436 g/mol. The van der Waals surface area contributed by atoms with Crippen molar-refractivity contribution in [1.82, 2.24) is 9.13 Å². The van der Waals surface area contributed by atoms with Gasteiger partial charge >= 0.3 is 0 Å². The summed E-state index contributed by atoms with van der Waals surface area (Å²) in [6.07, 6.45) is 9.16. The lowest BCUT2D eigenvalue weighted by Crippen LogP contribution is -2.16. The minimum atomic E-state index is 0.192. The highest BCUT2D eigenvalue weighted by atomic mass is 15.0. The second kappa shape index (κ2) is 7.47. The van der Waals surface area contributed by atoms with Crippen molar-refractivity contribution in [3.8, 4) is 0 Å². The number of hydrogen-bond acceptors (Lipinski definition) is 0. The molecule has 0 radical (unpaired) electrons. The number of benzene rings is 4. The maximum Gasteiger partial charge on any atom is 0.0538 e. The van der Waals surface area contributed by atoms with Crippen LogP contribution in [0.5, 0.6) is 0 Å². The van der Waals surface area contributed by atoms with Crippen LogP contribution in [0.4, 0.5) is 0 Å². The summed E-state index contributed by atoms with van der Waals surface area (Å²) in [5.41, 5.74) is 10.6. The molecule has 0 aliphatic heterocycles. The Labute approximate surface area is 210 Å². The fourth-order valence-electron chi connectivity index (χ4n) is 6.51. The van der Waals surface area contributed by atoms with E-state index in [4.69, 9.17) is 0 Å². The normalized spacial score (nSPS) is 18.3. The Morgan fingerprint density at radius 2 is 0.917 bits per heavy atom. The molecule has 0 amide bonds. The van der Waals surface area contributed by atoms with E-state index in [1.54, 1.807) is 0 Å². The number of para-hydroxylation sites is 2. The Hall–Kier alpha value is -4.56. The van der Waals surface area contributed by atoms with Gasteiger partial charge in [0.2, 0.25) is 0 Å². The van der Waals surface area contributed by atoms with Crippen LogP contribution in [0, 0.1) is 0 Å². The smallest absolute Gasteiger partial charge is 0.0538 e. The van der Waals surface area contributed by atoms with Crippen molar-refractivity contribution in [1.29, 1.82) is 0 Å². The monoisotopic (exact) mass is 460 g/mol. The first-order chi connectivity index (χ1) is 17.9. The Bertz CT molecular complexity index is 1790. The van der Waals surface area contributed by atoms with Crippen molar-refractivity contribution in [3.05, 3.63) is 144 Å². The summed E-state index contributed by atoms with van der Waals surface area (Å²) in [5.74, 6) is 0.404. The maximum absolute atomic E-state index is 2.52. The van der Waals surface area contributed by atoms with E-state index in [0.29, 0.717) is 0 Å². The van der Waals surface area contributed by atoms with Gasteiger partial charge < -0.3 is 9.13 Å². The van der Waals surface area contributed by atoms with E-state index >= 15 is 0 Å². The zero-order valence-electron chi connectivity index (χ0n) is 19.8. The van der Waals surface area contributed by atoms with Gasteiger partial charge in [-0.3, -0.25) is 0 Å². The second-order valence-corrected chi connectivity index (χ2v) is 9.81. The van der Waals surface area contributed by atoms with Gasteiger partial charge in [-0.15, -0.1) is 0 Å². The Morgan fingerprint density at radius 3 is 1.53 bits per heavy atom. The van der Waals surface area contributed by atoms with Crippen LogP contribution in [0.2, 0.25) is 0 Å². The van der Waals surface area contributed by atoms with Crippen LogP contribution in [0.15, 0.2) is 122 Å². The zero-order chi connectivity index (χ0) is 23.6. The molecule has 2 aromatic heterocycles. The number of hydrogen-bond donors (Lipinski definition) is 0. The third kappa shape index (κ3) is 2.67. The molecule has 0 N–H and O–H groups in total. The summed E-state index contributed by atoms with van der Waals surface area (Å²) in [6.45, 7) is 0. The largest absolute Gasteiger partial charge is 0.327 e. The van der Waals surface area contributed by atoms with E-state index in [1.165, 1.54) is 55.5 Å². The van der Waals surface area contributed by atoms with Crippen LogP contribution >= 0.6 is 0 Å². The van der Waals surface area contributed by atoms with Crippen LogP contribution in [0.3, 0.4) is 0 Å². The minimum absolute atomic E-state index is 0.192. The molecule has 0 spiro atoms. The van der Waals surface area contributed by atoms with Crippen LogP contribution < -0.4 is 0 Å². The van der Waals surface area contributed by atoms with E-state index in [1.807, 2.05) is 0 Å². The number of rotatable bonds is 3. The second-order valence-electron chi connectivity index (χ2n) is 9.81. The van der Waals surface area contributed by atoms with Gasteiger partial charge in [0.15, 0.2) is 0 Å². The van der Waals surface area contributed by atoms with Gasteiger partial charge in [-0.2, -0.15) is 0 Å². The van der Waals surface area contributed by atoms with Gasteiger partial charge in [-0.25, -0.2) is 0 Å². The standard InChI is InChI=1S/C34H24N2/c1-3-13-25-23(11-1)21-31(35-19-9-10-20-35)33(25)34-26-14-4-2-12-24(26)22-32(34)36-29-17-7-5-15-27(29)28-16-6-8-18-30(28)36/h1-22,33-34H. The maximum atomic E-state index is 2.52. The first kappa shape index (κ1) is 19.7. The molecule has 2 atom stereocenters. The molecule has 0 saturated heterocycles. The molecule has 0 bridgehead atoms. The third-order valence-corrected chi connectivity index (χ3v) is 7.98. The van der Waals surface area contributed by atoms with Crippen molar-refractivity contribution in [2.75, 3.05) is 0 Å². The molecule has 36 heavy (non-hydrogen) atoms. The lowest BCUT2D eigenvalue weighted by Gasteiger charge is -2.29. The lowest BCUT2D eigenvalue weighted by atomic mass is 9.80. The molecule has 2 heteroatoms. The summed E-state index contributed by atoms with van der Waals surface area (Å²) < 4.78 is 4.82. The first-order valence-electron chi connectivity index (χ1n) is 12.6. The van der Waals surface area contributed by atoms with E-state index < -0.39 is 0 Å². The molecular formula is C34H24N2. The van der Waals surface area contributed by atoms with E-state index in [2.05, 4.69) is 143 Å². The van der Waals surface area contributed by atoms with Crippen LogP contribution in [0.25, 0.3) is 45.4 Å². The molecule has 0 fully saturated rings. The van der Waals surface area contributed by atoms with Gasteiger partial charge in [-0.05, 0) is 58.7 Å². The summed E-state index contributed by atoms with van der Waals surface area (Å²) in [5, 5.41) is 2.61. The minimum Gasteiger partial charge on any atom is -0.327 e. The lowest BCUT2D eigenvalue weighted by molar-refractivity contribution is 0.734. The van der Waals surface area contributed by atoms with Gasteiger partial charge in [0.1, 0.15) is 0 Å². The van der Waals surface area contributed by atoms with Crippen LogP contribution in [-0.2, 0) is 0 Å². The molecule has 170 valence electrons. The van der Waals surface area contributed by atoms with Crippen molar-refractivity contribution in [2.45, 2.75) is 11.8 Å². The van der Waals surface area contributed by atoms with Crippen molar-refractivity contribution < 1.29 is 0 Å². The van der Waals surface area contributed by atoms with Gasteiger partial charge in [0.25, 0.3) is 0 Å². The first-order valence-corrected chi connectivity index (χ1v) is 12.6. The van der Waals surface area contributed by atoms with E-state index in [0.717, 1.165) is 0 Å². The van der Waals surface area contributed by atoms with Crippen molar-refractivity contribution in [2.24, 2.45) is 0 Å². The molecule has 6 aromatic rings.